The number of benzene rings is 1. The van der Waals surface area contributed by atoms with Crippen molar-refractivity contribution in [1.29, 1.82) is 0 Å². The molecular formula is C15H20N2O11S2. The molecule has 1 aromatic carbocycles. The van der Waals surface area contributed by atoms with Crippen LogP contribution in [0, 0.1) is 16.0 Å². The highest BCUT2D eigenvalue weighted by molar-refractivity contribution is 7.86. The number of methoxy groups -OCH3 is 2. The van der Waals surface area contributed by atoms with E-state index in [1.165, 1.54) is 20.3 Å². The van der Waals surface area contributed by atoms with Crippen molar-refractivity contribution in [3.05, 3.63) is 27.8 Å². The van der Waals surface area contributed by atoms with Crippen LogP contribution in [0.5, 0.6) is 11.5 Å². The van der Waals surface area contributed by atoms with Gasteiger partial charge in [-0.1, -0.05) is 5.16 Å². The fourth-order valence-corrected chi connectivity index (χ4v) is 3.41. The molecule has 1 aliphatic rings. The summed E-state index contributed by atoms with van der Waals surface area (Å²) < 4.78 is 65.2. The van der Waals surface area contributed by atoms with Crippen LogP contribution in [0.25, 0.3) is 0 Å². The first kappa shape index (κ1) is 23.8. The number of ether oxygens (including phenoxy) is 2. The molecule has 0 fully saturated rings. The van der Waals surface area contributed by atoms with Crippen molar-refractivity contribution in [3.8, 4) is 11.5 Å². The van der Waals surface area contributed by atoms with Gasteiger partial charge in [0, 0.05) is 6.07 Å². The Morgan fingerprint density at radius 2 is 1.57 bits per heavy atom. The van der Waals surface area contributed by atoms with Crippen LogP contribution in [0.15, 0.2) is 17.3 Å². The van der Waals surface area contributed by atoms with E-state index < -0.39 is 56.1 Å². The van der Waals surface area contributed by atoms with Gasteiger partial charge < -0.3 is 14.3 Å². The minimum absolute atomic E-state index is 0.0339. The normalized spacial score (nSPS) is 19.1. The zero-order chi connectivity index (χ0) is 22.7. The quantitative estimate of drug-likeness (QED) is 0.262. The predicted molar refractivity (Wildman–Crippen MR) is 103 cm³/mol. The Morgan fingerprint density at radius 1 is 1.03 bits per heavy atom. The highest BCUT2D eigenvalue weighted by Gasteiger charge is 2.40. The molecule has 0 saturated carbocycles. The van der Waals surface area contributed by atoms with Gasteiger partial charge in [0.2, 0.25) is 0 Å². The number of rotatable bonds is 10. The highest BCUT2D eigenvalue weighted by Crippen LogP contribution is 2.38. The molecule has 2 atom stereocenters. The summed E-state index contributed by atoms with van der Waals surface area (Å²) >= 11 is 0. The molecule has 0 saturated heterocycles. The van der Waals surface area contributed by atoms with Crippen molar-refractivity contribution in [1.82, 2.24) is 0 Å². The predicted octanol–water partition coefficient (Wildman–Crippen LogP) is 0.284. The van der Waals surface area contributed by atoms with Gasteiger partial charge in [-0.2, -0.15) is 16.8 Å². The van der Waals surface area contributed by atoms with E-state index in [-0.39, 0.29) is 22.8 Å². The monoisotopic (exact) mass is 468 g/mol. The van der Waals surface area contributed by atoms with Gasteiger partial charge in [0.25, 0.3) is 25.9 Å². The van der Waals surface area contributed by atoms with Gasteiger partial charge in [-0.3, -0.25) is 18.5 Å². The molecule has 168 valence electrons. The van der Waals surface area contributed by atoms with E-state index in [1.54, 1.807) is 0 Å². The Hall–Kier alpha value is -2.49. The summed E-state index contributed by atoms with van der Waals surface area (Å²) in [5.41, 5.74) is -0.487. The maximum Gasteiger partial charge on any atom is 0.282 e. The smallest absolute Gasteiger partial charge is 0.282 e. The Kier molecular flexibility index (Phi) is 7.23. The molecule has 1 aliphatic heterocycles. The Morgan fingerprint density at radius 3 is 2.07 bits per heavy atom. The summed E-state index contributed by atoms with van der Waals surface area (Å²) in [5, 5.41) is 15.4. The van der Waals surface area contributed by atoms with E-state index in [9.17, 15) is 26.9 Å². The fourth-order valence-electron chi connectivity index (χ4n) is 2.64. The van der Waals surface area contributed by atoms with Crippen molar-refractivity contribution in [2.45, 2.75) is 6.10 Å². The van der Waals surface area contributed by atoms with E-state index in [0.717, 1.165) is 18.6 Å². The number of nitrogens with zero attached hydrogens (tertiary/aromatic N) is 2. The molecule has 0 radical (unpaired) electrons. The van der Waals surface area contributed by atoms with E-state index in [4.69, 9.17) is 22.7 Å². The van der Waals surface area contributed by atoms with Crippen LogP contribution in [0.2, 0.25) is 0 Å². The minimum Gasteiger partial charge on any atom is -0.493 e. The van der Waals surface area contributed by atoms with Gasteiger partial charge in [-0.15, -0.1) is 0 Å². The first-order valence-corrected chi connectivity index (χ1v) is 11.8. The van der Waals surface area contributed by atoms with Crippen molar-refractivity contribution in [2.75, 3.05) is 39.9 Å². The van der Waals surface area contributed by atoms with Crippen LogP contribution in [0.1, 0.15) is 5.56 Å². The Bertz CT molecular complexity index is 1050. The molecule has 2 rings (SSSR count). The maximum atomic E-state index is 11.6. The lowest BCUT2D eigenvalue weighted by atomic mass is 9.92. The highest BCUT2D eigenvalue weighted by atomic mass is 32.2. The molecule has 1 heterocycles. The van der Waals surface area contributed by atoms with Crippen molar-refractivity contribution in [3.63, 3.8) is 0 Å². The largest absolute Gasteiger partial charge is 0.493 e. The number of nitro groups is 1. The number of hydrogen-bond donors (Lipinski definition) is 0. The third kappa shape index (κ3) is 6.01. The second-order valence-corrected chi connectivity index (χ2v) is 9.47. The molecule has 0 N–H and O–H groups in total. The second-order valence-electron chi connectivity index (χ2n) is 6.19. The fraction of sp³-hybridized carbons (Fsp3) is 0.533. The lowest BCUT2D eigenvalue weighted by molar-refractivity contribution is -0.385. The Balaban J connectivity index is 2.50. The van der Waals surface area contributed by atoms with Gasteiger partial charge in [-0.05, 0) is 0 Å². The number of nitro benzene ring substituents is 1. The lowest BCUT2D eigenvalue weighted by Gasteiger charge is -2.18. The zero-order valence-electron chi connectivity index (χ0n) is 16.4. The molecule has 0 aliphatic carbocycles. The second kappa shape index (κ2) is 9.11. The molecule has 30 heavy (non-hydrogen) atoms. The lowest BCUT2D eigenvalue weighted by Crippen LogP contribution is -2.33. The van der Waals surface area contributed by atoms with Gasteiger partial charge in [0.1, 0.15) is 12.3 Å². The van der Waals surface area contributed by atoms with Crippen LogP contribution in [0.4, 0.5) is 5.69 Å². The van der Waals surface area contributed by atoms with Crippen LogP contribution in [0.3, 0.4) is 0 Å². The van der Waals surface area contributed by atoms with Gasteiger partial charge in [0.15, 0.2) is 17.6 Å². The SMILES string of the molecule is COc1cc(C2=NO[C@@H](COS(C)(=O)=O)[C@@H]2COS(C)(=O)=O)c([N+](=O)[O-])cc1OC. The van der Waals surface area contributed by atoms with Crippen LogP contribution < -0.4 is 9.47 Å². The van der Waals surface area contributed by atoms with Crippen molar-refractivity contribution >= 4 is 31.6 Å². The summed E-state index contributed by atoms with van der Waals surface area (Å²) in [6.07, 6.45) is 0.565. The molecule has 0 bridgehead atoms. The summed E-state index contributed by atoms with van der Waals surface area (Å²) in [4.78, 5) is 16.1. The van der Waals surface area contributed by atoms with E-state index in [2.05, 4.69) is 5.16 Å². The third-order valence-electron chi connectivity index (χ3n) is 3.97. The van der Waals surface area contributed by atoms with Gasteiger partial charge in [-0.25, -0.2) is 0 Å². The molecule has 0 aromatic heterocycles. The standard InChI is InChI=1S/C15H20N2O11S2/c1-24-12-5-9(11(17(18)19)6-13(12)25-2)15-10(7-26-29(3,20)21)14(28-16-15)8-27-30(4,22)23/h5-6,10,14H,7-8H2,1-4H3/t10-,14-/m0/s1. The number of hydrogen-bond acceptors (Lipinski definition) is 12. The topological polar surface area (TPSA) is 170 Å². The van der Waals surface area contributed by atoms with Crippen LogP contribution >= 0.6 is 0 Å². The van der Waals surface area contributed by atoms with Crippen LogP contribution in [-0.2, 0) is 33.4 Å². The van der Waals surface area contributed by atoms with E-state index >= 15 is 0 Å². The molecular weight excluding hydrogens is 448 g/mol. The maximum absolute atomic E-state index is 11.6. The average molecular weight is 468 g/mol. The Labute approximate surface area is 172 Å². The third-order valence-corrected chi connectivity index (χ3v) is 5.10. The van der Waals surface area contributed by atoms with Crippen LogP contribution in [-0.4, -0.2) is 73.5 Å². The molecule has 13 nitrogen and oxygen atoms in total. The molecule has 0 amide bonds. The van der Waals surface area contributed by atoms with Crippen molar-refractivity contribution in [2.24, 2.45) is 11.1 Å². The molecule has 0 unspecified atom stereocenters. The summed E-state index contributed by atoms with van der Waals surface area (Å²) in [7, 11) is -5.09. The summed E-state index contributed by atoms with van der Waals surface area (Å²) in [6.45, 7) is -1.02. The minimum atomic E-state index is -3.88. The number of oxime groups is 1. The molecule has 1 aromatic rings. The molecule has 15 heteroatoms. The first-order chi connectivity index (χ1) is 13.9. The molecule has 0 spiro atoms. The average Bonchev–Trinajstić information content (AvgIpc) is 3.05. The van der Waals surface area contributed by atoms with Gasteiger partial charge in [0.05, 0.1) is 55.8 Å². The van der Waals surface area contributed by atoms with Gasteiger partial charge >= 0.3 is 0 Å². The van der Waals surface area contributed by atoms with Crippen molar-refractivity contribution < 1.29 is 44.4 Å². The summed E-state index contributed by atoms with van der Waals surface area (Å²) in [6, 6.07) is 2.40. The zero-order valence-corrected chi connectivity index (χ0v) is 18.1. The van der Waals surface area contributed by atoms with E-state index in [1.807, 2.05) is 0 Å². The van der Waals surface area contributed by atoms with E-state index in [0.29, 0.717) is 0 Å². The first-order valence-electron chi connectivity index (χ1n) is 8.19. The summed E-state index contributed by atoms with van der Waals surface area (Å²) in [5.74, 6) is -0.758.